The summed E-state index contributed by atoms with van der Waals surface area (Å²) < 4.78 is 5.08. The Balaban J connectivity index is 2.57. The van der Waals surface area contributed by atoms with Crippen LogP contribution in [-0.2, 0) is 0 Å². The molecule has 0 spiro atoms. The zero-order valence-corrected chi connectivity index (χ0v) is 11.3. The van der Waals surface area contributed by atoms with Gasteiger partial charge in [-0.05, 0) is 25.0 Å². The van der Waals surface area contributed by atoms with Crippen LogP contribution >= 0.6 is 0 Å². The predicted molar refractivity (Wildman–Crippen MR) is 73.7 cm³/mol. The van der Waals surface area contributed by atoms with Gasteiger partial charge in [0, 0.05) is 18.0 Å². The molecule has 2 amide bonds. The largest absolute Gasteiger partial charge is 0.497 e. The highest BCUT2D eigenvalue weighted by Crippen LogP contribution is 2.16. The zero-order valence-electron chi connectivity index (χ0n) is 11.3. The fourth-order valence-electron chi connectivity index (χ4n) is 1.21. The number of urea groups is 1. The van der Waals surface area contributed by atoms with Gasteiger partial charge in [0.05, 0.1) is 7.11 Å². The minimum absolute atomic E-state index is 0.261. The number of carbonyl (C=O) groups excluding carboxylic acids is 1. The van der Waals surface area contributed by atoms with E-state index in [2.05, 4.69) is 24.5 Å². The topological polar surface area (TPSA) is 50.4 Å². The summed E-state index contributed by atoms with van der Waals surface area (Å²) in [4.78, 5) is 11.6. The van der Waals surface area contributed by atoms with Crippen molar-refractivity contribution in [1.29, 1.82) is 0 Å². The quantitative estimate of drug-likeness (QED) is 0.858. The molecular formula is C14H20N2O2. The Morgan fingerprint density at radius 3 is 2.72 bits per heavy atom. The molecule has 4 heteroatoms. The number of carbonyl (C=O) groups is 1. The predicted octanol–water partition coefficient (Wildman–Crippen LogP) is 3.38. The normalized spacial score (nSPS) is 11.3. The minimum atomic E-state index is -0.261. The van der Waals surface area contributed by atoms with E-state index in [-0.39, 0.29) is 6.03 Å². The van der Waals surface area contributed by atoms with Gasteiger partial charge in [0.25, 0.3) is 0 Å². The Hall–Kier alpha value is -1.97. The molecule has 0 unspecified atom stereocenters. The first-order chi connectivity index (χ1) is 8.52. The van der Waals surface area contributed by atoms with E-state index in [9.17, 15) is 4.79 Å². The highest BCUT2D eigenvalue weighted by molar-refractivity contribution is 5.90. The Labute approximate surface area is 108 Å². The third-order valence-corrected chi connectivity index (χ3v) is 2.67. The van der Waals surface area contributed by atoms with Gasteiger partial charge in [0.15, 0.2) is 0 Å². The zero-order chi connectivity index (χ0) is 13.5. The van der Waals surface area contributed by atoms with Crippen LogP contribution in [0.4, 0.5) is 10.5 Å². The minimum Gasteiger partial charge on any atom is -0.497 e. The number of methoxy groups -OCH3 is 1. The van der Waals surface area contributed by atoms with Crippen molar-refractivity contribution in [2.75, 3.05) is 12.4 Å². The summed E-state index contributed by atoms with van der Waals surface area (Å²) in [5.41, 5.74) is 1.82. The van der Waals surface area contributed by atoms with E-state index in [1.807, 2.05) is 19.1 Å². The summed E-state index contributed by atoms with van der Waals surface area (Å²) in [5, 5.41) is 5.43. The third kappa shape index (κ3) is 4.49. The number of nitrogens with one attached hydrogen (secondary N) is 2. The number of benzene rings is 1. The monoisotopic (exact) mass is 248 g/mol. The van der Waals surface area contributed by atoms with Gasteiger partial charge in [0.1, 0.15) is 5.75 Å². The van der Waals surface area contributed by atoms with Crippen molar-refractivity contribution in [2.24, 2.45) is 5.92 Å². The smallest absolute Gasteiger partial charge is 0.323 e. The van der Waals surface area contributed by atoms with Crippen molar-refractivity contribution in [2.45, 2.75) is 20.8 Å². The van der Waals surface area contributed by atoms with Crippen molar-refractivity contribution < 1.29 is 9.53 Å². The molecule has 0 radical (unpaired) electrons. The van der Waals surface area contributed by atoms with Gasteiger partial charge in [0.2, 0.25) is 0 Å². The molecule has 0 aliphatic rings. The van der Waals surface area contributed by atoms with Gasteiger partial charge in [-0.2, -0.15) is 0 Å². The first kappa shape index (κ1) is 14.1. The Morgan fingerprint density at radius 2 is 2.11 bits per heavy atom. The van der Waals surface area contributed by atoms with Gasteiger partial charge in [-0.3, -0.25) is 0 Å². The molecule has 1 aromatic carbocycles. The number of hydrogen-bond acceptors (Lipinski definition) is 2. The second kappa shape index (κ2) is 6.69. The second-order valence-electron chi connectivity index (χ2n) is 4.37. The van der Waals surface area contributed by atoms with Crippen molar-refractivity contribution in [3.63, 3.8) is 0 Å². The van der Waals surface area contributed by atoms with Crippen molar-refractivity contribution in [3.05, 3.63) is 36.0 Å². The third-order valence-electron chi connectivity index (χ3n) is 2.67. The van der Waals surface area contributed by atoms with Gasteiger partial charge in [-0.1, -0.05) is 25.5 Å². The number of ether oxygens (including phenoxy) is 1. The molecule has 2 N–H and O–H groups in total. The molecule has 4 nitrogen and oxygen atoms in total. The molecule has 0 bridgehead atoms. The van der Waals surface area contributed by atoms with Crippen LogP contribution in [0.25, 0.3) is 0 Å². The summed E-state index contributed by atoms with van der Waals surface area (Å²) in [7, 11) is 1.59. The lowest BCUT2D eigenvalue weighted by atomic mass is 10.1. The maximum Gasteiger partial charge on any atom is 0.323 e. The van der Waals surface area contributed by atoms with Crippen LogP contribution in [0, 0.1) is 5.92 Å². The van der Waals surface area contributed by atoms with Crippen LogP contribution in [-0.4, -0.2) is 13.1 Å². The lowest BCUT2D eigenvalue weighted by Crippen LogP contribution is -2.24. The van der Waals surface area contributed by atoms with Gasteiger partial charge in [-0.15, -0.1) is 0 Å². The van der Waals surface area contributed by atoms with Crippen molar-refractivity contribution in [1.82, 2.24) is 5.32 Å². The van der Waals surface area contributed by atoms with Gasteiger partial charge in [-0.25, -0.2) is 4.79 Å². The number of anilines is 1. The molecule has 0 fully saturated rings. The van der Waals surface area contributed by atoms with Crippen LogP contribution < -0.4 is 15.4 Å². The number of allylic oxidation sites excluding steroid dienone is 1. The molecule has 0 aromatic heterocycles. The highest BCUT2D eigenvalue weighted by atomic mass is 16.5. The number of hydrogen-bond donors (Lipinski definition) is 2. The fraction of sp³-hybridized carbons (Fsp3) is 0.357. The molecule has 0 aliphatic carbocycles. The Kier molecular flexibility index (Phi) is 5.24. The van der Waals surface area contributed by atoms with Crippen molar-refractivity contribution >= 4 is 11.7 Å². The Bertz CT molecular complexity index is 439. The standard InChI is InChI=1S/C14H20N2O2/c1-10(2)11(3)9-15-14(17)16-12-6-5-7-13(8-12)18-4/h5-10H,1-4H3,(H2,15,16,17)/b11-9+. The Morgan fingerprint density at radius 1 is 1.39 bits per heavy atom. The summed E-state index contributed by atoms with van der Waals surface area (Å²) in [6.45, 7) is 6.14. The summed E-state index contributed by atoms with van der Waals surface area (Å²) in [6, 6.07) is 6.96. The molecule has 0 saturated carbocycles. The van der Waals surface area contributed by atoms with E-state index in [4.69, 9.17) is 4.74 Å². The van der Waals surface area contributed by atoms with E-state index < -0.39 is 0 Å². The molecule has 1 aromatic rings. The number of rotatable bonds is 4. The van der Waals surface area contributed by atoms with Gasteiger partial charge >= 0.3 is 6.03 Å². The molecule has 1 rings (SSSR count). The van der Waals surface area contributed by atoms with E-state index in [1.165, 1.54) is 0 Å². The van der Waals surface area contributed by atoms with Crippen molar-refractivity contribution in [3.8, 4) is 5.75 Å². The summed E-state index contributed by atoms with van der Waals surface area (Å²) >= 11 is 0. The first-order valence-corrected chi connectivity index (χ1v) is 5.91. The maximum absolute atomic E-state index is 11.6. The maximum atomic E-state index is 11.6. The van der Waals surface area contributed by atoms with Gasteiger partial charge < -0.3 is 15.4 Å². The lowest BCUT2D eigenvalue weighted by molar-refractivity contribution is 0.255. The van der Waals surface area contributed by atoms with E-state index in [0.717, 1.165) is 5.57 Å². The molecular weight excluding hydrogens is 228 g/mol. The molecule has 0 saturated heterocycles. The van der Waals surface area contributed by atoms with E-state index >= 15 is 0 Å². The first-order valence-electron chi connectivity index (χ1n) is 5.91. The molecule has 18 heavy (non-hydrogen) atoms. The van der Waals surface area contributed by atoms with E-state index in [0.29, 0.717) is 17.4 Å². The average molecular weight is 248 g/mol. The van der Waals surface area contributed by atoms with Crippen LogP contribution in [0.15, 0.2) is 36.0 Å². The lowest BCUT2D eigenvalue weighted by Gasteiger charge is -2.08. The van der Waals surface area contributed by atoms with Crippen LogP contribution in [0.3, 0.4) is 0 Å². The molecule has 98 valence electrons. The summed E-state index contributed by atoms with van der Waals surface area (Å²) in [5.74, 6) is 1.13. The van der Waals surface area contributed by atoms with Crippen LogP contribution in [0.2, 0.25) is 0 Å². The molecule has 0 atom stereocenters. The average Bonchev–Trinajstić information content (AvgIpc) is 2.36. The SMILES string of the molecule is COc1cccc(NC(=O)N/C=C(\C)C(C)C)c1. The molecule has 0 aliphatic heterocycles. The summed E-state index contributed by atoms with van der Waals surface area (Å²) in [6.07, 6.45) is 1.72. The number of amides is 2. The second-order valence-corrected chi connectivity index (χ2v) is 4.37. The molecule has 0 heterocycles. The van der Waals surface area contributed by atoms with E-state index in [1.54, 1.807) is 25.4 Å². The van der Waals surface area contributed by atoms with Crippen LogP contribution in [0.1, 0.15) is 20.8 Å². The highest BCUT2D eigenvalue weighted by Gasteiger charge is 2.02. The van der Waals surface area contributed by atoms with Crippen LogP contribution in [0.5, 0.6) is 5.75 Å². The fourth-order valence-corrected chi connectivity index (χ4v) is 1.21.